The van der Waals surface area contributed by atoms with E-state index in [-0.39, 0.29) is 5.91 Å². The van der Waals surface area contributed by atoms with Crippen molar-refractivity contribution < 1.29 is 19.6 Å². The van der Waals surface area contributed by atoms with Crippen LogP contribution in [0.4, 0.5) is 5.69 Å². The van der Waals surface area contributed by atoms with E-state index >= 15 is 0 Å². The number of anilines is 1. The number of carboxylic acid groups (broad SMARTS) is 1. The number of aliphatic carboxylic acids is 1. The molecule has 1 fully saturated rings. The number of hydrogen-bond donors (Lipinski definition) is 3. The zero-order chi connectivity index (χ0) is 26.6. The summed E-state index contributed by atoms with van der Waals surface area (Å²) in [7, 11) is 0. The van der Waals surface area contributed by atoms with Crippen molar-refractivity contribution in [3.8, 4) is 0 Å². The molecule has 3 aliphatic rings. The molecule has 1 atom stereocenters. The molecule has 2 heterocycles. The summed E-state index contributed by atoms with van der Waals surface area (Å²) in [6.45, 7) is 5.49. The first-order chi connectivity index (χ1) is 18.4. The van der Waals surface area contributed by atoms with Crippen LogP contribution in [0.2, 0.25) is 0 Å². The number of quaternary nitrogens is 1. The van der Waals surface area contributed by atoms with Crippen LogP contribution in [-0.2, 0) is 16.1 Å². The van der Waals surface area contributed by atoms with E-state index in [1.54, 1.807) is 0 Å². The highest BCUT2D eigenvalue weighted by atomic mass is 16.4. The number of benzene rings is 2. The lowest BCUT2D eigenvalue weighted by atomic mass is 9.77. The van der Waals surface area contributed by atoms with Gasteiger partial charge in [0.25, 0.3) is 5.91 Å². The van der Waals surface area contributed by atoms with E-state index in [4.69, 9.17) is 5.11 Å². The third kappa shape index (κ3) is 6.05. The Morgan fingerprint density at radius 2 is 1.76 bits per heavy atom. The minimum absolute atomic E-state index is 0.158. The molecule has 1 saturated carbocycles. The zero-order valence-corrected chi connectivity index (χ0v) is 22.2. The summed E-state index contributed by atoms with van der Waals surface area (Å²) in [5.74, 6) is 1.32. The number of aliphatic imine (C=N–C) groups is 1. The van der Waals surface area contributed by atoms with Crippen molar-refractivity contribution in [1.29, 1.82) is 0 Å². The summed E-state index contributed by atoms with van der Waals surface area (Å²) in [4.78, 5) is 31.6. The maximum Gasteiger partial charge on any atom is 0.303 e. The van der Waals surface area contributed by atoms with Crippen molar-refractivity contribution >= 4 is 23.4 Å². The van der Waals surface area contributed by atoms with Gasteiger partial charge in [-0.2, -0.15) is 4.99 Å². The molecule has 2 aromatic carbocycles. The summed E-state index contributed by atoms with van der Waals surface area (Å²) >= 11 is 0. The molecule has 1 aliphatic carbocycles. The minimum atomic E-state index is -0.685. The molecule has 0 aromatic heterocycles. The Labute approximate surface area is 224 Å². The zero-order valence-electron chi connectivity index (χ0n) is 22.2. The Hall–Kier alpha value is -3.71. The van der Waals surface area contributed by atoms with Gasteiger partial charge in [0.2, 0.25) is 5.84 Å². The maximum absolute atomic E-state index is 12.8. The SMILES string of the molecule is CC(C)c1ccc(CNC(=O)C2=C[NH+]3CN(c4ccc(C5CCC(CC(=O)O)CC5)cc4)C=CC3=N2)cc1. The van der Waals surface area contributed by atoms with Gasteiger partial charge < -0.3 is 10.4 Å². The number of nitrogens with zero attached hydrogens (tertiary/aromatic N) is 2. The number of carbonyl (C=O) groups excluding carboxylic acids is 1. The van der Waals surface area contributed by atoms with Crippen LogP contribution in [-0.4, -0.2) is 29.5 Å². The monoisotopic (exact) mass is 513 g/mol. The van der Waals surface area contributed by atoms with Crippen molar-refractivity contribution in [3.63, 3.8) is 0 Å². The first kappa shape index (κ1) is 25.9. The highest BCUT2D eigenvalue weighted by molar-refractivity contribution is 5.99. The molecule has 7 nitrogen and oxygen atoms in total. The summed E-state index contributed by atoms with van der Waals surface area (Å²) in [5.41, 5.74) is 5.25. The molecule has 0 spiro atoms. The van der Waals surface area contributed by atoms with Crippen LogP contribution in [0, 0.1) is 5.92 Å². The quantitative estimate of drug-likeness (QED) is 0.491. The van der Waals surface area contributed by atoms with E-state index in [0.29, 0.717) is 43.1 Å². The van der Waals surface area contributed by atoms with Crippen LogP contribution in [0.5, 0.6) is 0 Å². The largest absolute Gasteiger partial charge is 0.481 e. The fourth-order valence-corrected chi connectivity index (χ4v) is 5.61. The summed E-state index contributed by atoms with van der Waals surface area (Å²) in [5, 5.41) is 12.0. The molecule has 198 valence electrons. The highest BCUT2D eigenvalue weighted by Crippen LogP contribution is 2.37. The molecular formula is C31H37N4O3+. The average Bonchev–Trinajstić information content (AvgIpc) is 3.36. The molecule has 2 aliphatic heterocycles. The third-order valence-corrected chi connectivity index (χ3v) is 7.97. The molecule has 1 amide bonds. The molecule has 5 rings (SSSR count). The van der Waals surface area contributed by atoms with Gasteiger partial charge in [-0.3, -0.25) is 14.5 Å². The van der Waals surface area contributed by atoms with Crippen LogP contribution < -0.4 is 15.1 Å². The van der Waals surface area contributed by atoms with E-state index < -0.39 is 5.97 Å². The topological polar surface area (TPSA) is 86.4 Å². The standard InChI is InChI=1S/C31H36N4O3/c1-21(2)24-7-5-23(6-8-24)18-32-31(38)28-19-35-20-34(16-15-29(35)33-28)27-13-11-26(12-14-27)25-9-3-22(4-10-25)17-30(36)37/h5-8,11-16,19,21-22,25H,3-4,9-10,17-18,20H2,1-2H3,(H,32,38)(H,36,37)/p+1. The van der Waals surface area contributed by atoms with Gasteiger partial charge >= 0.3 is 5.97 Å². The van der Waals surface area contributed by atoms with E-state index in [2.05, 4.69) is 77.6 Å². The van der Waals surface area contributed by atoms with Gasteiger partial charge in [-0.1, -0.05) is 50.2 Å². The van der Waals surface area contributed by atoms with Crippen molar-refractivity contribution in [1.82, 2.24) is 5.32 Å². The van der Waals surface area contributed by atoms with E-state index in [0.717, 1.165) is 47.7 Å². The fourth-order valence-electron chi connectivity index (χ4n) is 5.61. The average molecular weight is 514 g/mol. The predicted molar refractivity (Wildman–Crippen MR) is 149 cm³/mol. The van der Waals surface area contributed by atoms with Crippen LogP contribution in [0.15, 0.2) is 77.7 Å². The van der Waals surface area contributed by atoms with Gasteiger partial charge in [0.15, 0.2) is 12.4 Å². The number of amidine groups is 1. The Morgan fingerprint density at radius 1 is 1.05 bits per heavy atom. The Bertz CT molecular complexity index is 1250. The van der Waals surface area contributed by atoms with Crippen molar-refractivity contribution in [2.75, 3.05) is 11.6 Å². The highest BCUT2D eigenvalue weighted by Gasteiger charge is 2.30. The van der Waals surface area contributed by atoms with Gasteiger partial charge in [0, 0.05) is 30.9 Å². The first-order valence-corrected chi connectivity index (χ1v) is 13.7. The van der Waals surface area contributed by atoms with Gasteiger partial charge in [-0.15, -0.1) is 0 Å². The predicted octanol–water partition coefficient (Wildman–Crippen LogP) is 4.30. The minimum Gasteiger partial charge on any atom is -0.481 e. The normalized spacial score (nSPS) is 22.6. The van der Waals surface area contributed by atoms with Crippen LogP contribution in [0.25, 0.3) is 0 Å². The molecule has 2 aromatic rings. The van der Waals surface area contributed by atoms with E-state index in [1.165, 1.54) is 11.1 Å². The number of amides is 1. The smallest absolute Gasteiger partial charge is 0.303 e. The van der Waals surface area contributed by atoms with Crippen molar-refractivity contribution in [2.45, 2.75) is 64.3 Å². The second kappa shape index (κ2) is 11.4. The molecule has 0 saturated heterocycles. The molecule has 3 N–H and O–H groups in total. The summed E-state index contributed by atoms with van der Waals surface area (Å²) in [6.07, 6.45) is 10.3. The number of hydrogen-bond acceptors (Lipinski definition) is 4. The Kier molecular flexibility index (Phi) is 7.74. The van der Waals surface area contributed by atoms with Crippen LogP contribution >= 0.6 is 0 Å². The van der Waals surface area contributed by atoms with E-state index in [1.807, 2.05) is 18.5 Å². The number of rotatable bonds is 8. The second-order valence-electron chi connectivity index (χ2n) is 11.0. The third-order valence-electron chi connectivity index (χ3n) is 7.97. The Balaban J connectivity index is 1.14. The number of carboxylic acids is 1. The van der Waals surface area contributed by atoms with Gasteiger partial charge in [-0.25, -0.2) is 4.90 Å². The molecule has 0 bridgehead atoms. The molecule has 0 radical (unpaired) electrons. The number of carbonyl (C=O) groups is 2. The molecular weight excluding hydrogens is 476 g/mol. The fraction of sp³-hybridized carbons (Fsp3) is 0.387. The summed E-state index contributed by atoms with van der Waals surface area (Å²) in [6, 6.07) is 17.1. The number of nitrogens with one attached hydrogen (secondary N) is 2. The van der Waals surface area contributed by atoms with Gasteiger partial charge in [-0.05, 0) is 72.3 Å². The van der Waals surface area contributed by atoms with Crippen LogP contribution in [0.3, 0.4) is 0 Å². The lowest BCUT2D eigenvalue weighted by Crippen LogP contribution is -3.11. The van der Waals surface area contributed by atoms with Crippen LogP contribution in [0.1, 0.15) is 74.5 Å². The lowest BCUT2D eigenvalue weighted by molar-refractivity contribution is -0.742. The van der Waals surface area contributed by atoms with Gasteiger partial charge in [0.1, 0.15) is 6.20 Å². The molecule has 38 heavy (non-hydrogen) atoms. The van der Waals surface area contributed by atoms with Crippen molar-refractivity contribution in [2.24, 2.45) is 10.9 Å². The second-order valence-corrected chi connectivity index (χ2v) is 11.0. The maximum atomic E-state index is 12.8. The Morgan fingerprint density at radius 3 is 2.42 bits per heavy atom. The van der Waals surface area contributed by atoms with E-state index in [9.17, 15) is 9.59 Å². The number of fused-ring (bicyclic) bond motifs is 1. The lowest BCUT2D eigenvalue weighted by Gasteiger charge is -2.29. The molecule has 7 heteroatoms. The molecule has 1 unspecified atom stereocenters. The van der Waals surface area contributed by atoms with Gasteiger partial charge in [0.05, 0.1) is 0 Å². The summed E-state index contributed by atoms with van der Waals surface area (Å²) < 4.78 is 0. The van der Waals surface area contributed by atoms with Crippen molar-refractivity contribution in [3.05, 3.63) is 89.4 Å². The first-order valence-electron chi connectivity index (χ1n) is 13.7.